The zero-order chi connectivity index (χ0) is 21.8. The number of hydrogen-bond acceptors (Lipinski definition) is 4. The van der Waals surface area contributed by atoms with E-state index in [0.717, 1.165) is 13.0 Å². The maximum Gasteiger partial charge on any atom is 0.239 e. The lowest BCUT2D eigenvalue weighted by Gasteiger charge is -2.15. The van der Waals surface area contributed by atoms with Gasteiger partial charge in [0.15, 0.2) is 0 Å². The second-order valence-electron chi connectivity index (χ2n) is 7.64. The van der Waals surface area contributed by atoms with Gasteiger partial charge in [-0.25, -0.2) is 8.42 Å². The summed E-state index contributed by atoms with van der Waals surface area (Å²) in [5, 5.41) is 3.46. The number of likely N-dealkylation sites (tertiary alicyclic amines) is 1. The van der Waals surface area contributed by atoms with Crippen LogP contribution >= 0.6 is 0 Å². The van der Waals surface area contributed by atoms with Crippen molar-refractivity contribution < 1.29 is 18.0 Å². The van der Waals surface area contributed by atoms with E-state index in [4.69, 9.17) is 0 Å². The highest BCUT2D eigenvalue weighted by Gasteiger charge is 2.24. The minimum Gasteiger partial charge on any atom is -0.354 e. The zero-order valence-corrected chi connectivity index (χ0v) is 18.0. The first-order valence-corrected chi connectivity index (χ1v) is 11.9. The van der Waals surface area contributed by atoms with Crippen LogP contribution in [0.3, 0.4) is 0 Å². The number of carbonyl (C=O) groups excluding carboxylic acids is 2. The normalized spacial score (nSPS) is 14.3. The van der Waals surface area contributed by atoms with Gasteiger partial charge < -0.3 is 14.8 Å². The number of rotatable bonds is 8. The summed E-state index contributed by atoms with van der Waals surface area (Å²) in [6, 6.07) is 15.5. The van der Waals surface area contributed by atoms with Gasteiger partial charge in [0.25, 0.3) is 0 Å². The van der Waals surface area contributed by atoms with E-state index in [1.807, 2.05) is 17.0 Å². The van der Waals surface area contributed by atoms with Crippen LogP contribution in [0.2, 0.25) is 0 Å². The third-order valence-electron chi connectivity index (χ3n) is 5.51. The second-order valence-corrected chi connectivity index (χ2v) is 9.56. The molecule has 162 valence electrons. The molecule has 7 nitrogen and oxygen atoms in total. The lowest BCUT2D eigenvalue weighted by atomic mass is 10.2. The van der Waals surface area contributed by atoms with Crippen molar-refractivity contribution in [3.63, 3.8) is 0 Å². The number of hydrogen-bond donors (Lipinski definition) is 1. The van der Waals surface area contributed by atoms with Crippen molar-refractivity contribution >= 4 is 32.6 Å². The van der Waals surface area contributed by atoms with Crippen LogP contribution in [0, 0.1) is 0 Å². The fourth-order valence-electron chi connectivity index (χ4n) is 3.93. The van der Waals surface area contributed by atoms with E-state index < -0.39 is 9.84 Å². The Morgan fingerprint density at radius 1 is 1.03 bits per heavy atom. The predicted molar refractivity (Wildman–Crippen MR) is 117 cm³/mol. The molecule has 1 aliphatic heterocycles. The lowest BCUT2D eigenvalue weighted by Crippen LogP contribution is -2.32. The van der Waals surface area contributed by atoms with E-state index in [9.17, 15) is 18.0 Å². The summed E-state index contributed by atoms with van der Waals surface area (Å²) in [5.41, 5.74) is 0.690. The summed E-state index contributed by atoms with van der Waals surface area (Å²) >= 11 is 0. The maximum absolute atomic E-state index is 13.2. The second kappa shape index (κ2) is 8.93. The molecule has 1 aromatic heterocycles. The molecule has 1 fully saturated rings. The Bertz CT molecular complexity index is 1200. The Labute approximate surface area is 181 Å². The van der Waals surface area contributed by atoms with Gasteiger partial charge in [-0.3, -0.25) is 9.59 Å². The molecule has 0 spiro atoms. The number of benzene rings is 2. The summed E-state index contributed by atoms with van der Waals surface area (Å²) in [7, 11) is -3.71. The molecule has 0 bridgehead atoms. The summed E-state index contributed by atoms with van der Waals surface area (Å²) in [6.45, 7) is 1.93. The molecule has 0 atom stereocenters. The van der Waals surface area contributed by atoms with Gasteiger partial charge in [-0.1, -0.05) is 36.4 Å². The van der Waals surface area contributed by atoms with Crippen molar-refractivity contribution in [1.29, 1.82) is 0 Å². The largest absolute Gasteiger partial charge is 0.354 e. The van der Waals surface area contributed by atoms with Crippen molar-refractivity contribution in [1.82, 2.24) is 14.8 Å². The van der Waals surface area contributed by atoms with E-state index in [1.165, 1.54) is 6.20 Å². The van der Waals surface area contributed by atoms with E-state index in [0.29, 0.717) is 36.8 Å². The van der Waals surface area contributed by atoms with Gasteiger partial charge in [0.1, 0.15) is 6.54 Å². The molecule has 0 radical (unpaired) electrons. The molecule has 0 saturated carbocycles. The standard InChI is InChI=1S/C23H25N3O4S/c27-22(24-13-7-15-25-14-6-12-23(25)28)17-26-16-21(19-10-4-5-11-20(19)26)31(29,30)18-8-2-1-3-9-18/h1-5,8-11,16H,6-7,12-15,17H2,(H,24,27). The molecule has 1 saturated heterocycles. The van der Waals surface area contributed by atoms with Crippen molar-refractivity contribution in [2.45, 2.75) is 35.6 Å². The van der Waals surface area contributed by atoms with Gasteiger partial charge in [0.05, 0.1) is 9.79 Å². The molecular formula is C23H25N3O4S. The Morgan fingerprint density at radius 3 is 2.52 bits per heavy atom. The van der Waals surface area contributed by atoms with Gasteiger partial charge in [-0.2, -0.15) is 0 Å². The van der Waals surface area contributed by atoms with E-state index in [2.05, 4.69) is 5.32 Å². The molecule has 0 unspecified atom stereocenters. The molecular weight excluding hydrogens is 414 g/mol. The number of para-hydroxylation sites is 1. The number of fused-ring (bicyclic) bond motifs is 1. The minimum atomic E-state index is -3.71. The smallest absolute Gasteiger partial charge is 0.239 e. The summed E-state index contributed by atoms with van der Waals surface area (Å²) < 4.78 is 28.0. The number of nitrogens with zero attached hydrogens (tertiary/aromatic N) is 2. The van der Waals surface area contributed by atoms with E-state index in [-0.39, 0.29) is 28.2 Å². The van der Waals surface area contributed by atoms with Crippen LogP contribution in [-0.2, 0) is 26.0 Å². The third-order valence-corrected chi connectivity index (χ3v) is 7.30. The summed E-state index contributed by atoms with van der Waals surface area (Å²) in [5.74, 6) is -0.0190. The first-order valence-electron chi connectivity index (χ1n) is 10.4. The molecule has 4 rings (SSSR count). The van der Waals surface area contributed by atoms with Gasteiger partial charge in [-0.15, -0.1) is 0 Å². The van der Waals surface area contributed by atoms with Gasteiger partial charge in [0, 0.05) is 43.2 Å². The van der Waals surface area contributed by atoms with Crippen LogP contribution in [0.25, 0.3) is 10.9 Å². The van der Waals surface area contributed by atoms with Gasteiger partial charge >= 0.3 is 0 Å². The molecule has 2 aromatic carbocycles. The minimum absolute atomic E-state index is 0.0213. The van der Waals surface area contributed by atoms with Crippen LogP contribution in [0.1, 0.15) is 19.3 Å². The number of sulfone groups is 1. The number of carbonyl (C=O) groups is 2. The SMILES string of the molecule is O=C(Cn1cc(S(=O)(=O)c2ccccc2)c2ccccc21)NCCCN1CCCC1=O. The number of aromatic nitrogens is 1. The first kappa shape index (κ1) is 21.1. The molecule has 31 heavy (non-hydrogen) atoms. The molecule has 2 heterocycles. The van der Waals surface area contributed by atoms with Crippen LogP contribution in [0.15, 0.2) is 70.6 Å². The fourth-order valence-corrected chi connectivity index (χ4v) is 5.43. The zero-order valence-electron chi connectivity index (χ0n) is 17.2. The highest BCUT2D eigenvalue weighted by atomic mass is 32.2. The molecule has 8 heteroatoms. The van der Waals surface area contributed by atoms with Gasteiger partial charge in [-0.05, 0) is 31.0 Å². The highest BCUT2D eigenvalue weighted by molar-refractivity contribution is 7.91. The summed E-state index contributed by atoms with van der Waals surface area (Å²) in [6.07, 6.45) is 3.74. The Morgan fingerprint density at radius 2 is 1.77 bits per heavy atom. The molecule has 1 aliphatic rings. The van der Waals surface area contributed by atoms with Gasteiger partial charge in [0.2, 0.25) is 21.7 Å². The van der Waals surface area contributed by atoms with Crippen LogP contribution in [0.4, 0.5) is 0 Å². The van der Waals surface area contributed by atoms with Crippen LogP contribution < -0.4 is 5.32 Å². The highest BCUT2D eigenvalue weighted by Crippen LogP contribution is 2.30. The monoisotopic (exact) mass is 439 g/mol. The van der Waals surface area contributed by atoms with Crippen molar-refractivity contribution in [2.75, 3.05) is 19.6 Å². The topological polar surface area (TPSA) is 88.5 Å². The van der Waals surface area contributed by atoms with E-state index in [1.54, 1.807) is 47.0 Å². The van der Waals surface area contributed by atoms with E-state index >= 15 is 0 Å². The molecule has 3 aromatic rings. The molecule has 2 amide bonds. The van der Waals surface area contributed by atoms with Crippen molar-refractivity contribution in [3.05, 3.63) is 60.8 Å². The van der Waals surface area contributed by atoms with Crippen LogP contribution in [-0.4, -0.2) is 49.3 Å². The lowest BCUT2D eigenvalue weighted by molar-refractivity contribution is -0.127. The maximum atomic E-state index is 13.2. The molecule has 1 N–H and O–H groups in total. The third kappa shape index (κ3) is 4.49. The quantitative estimate of drug-likeness (QED) is 0.547. The predicted octanol–water partition coefficient (Wildman–Crippen LogP) is 2.60. The Kier molecular flexibility index (Phi) is 6.08. The Hall–Kier alpha value is -3.13. The average molecular weight is 440 g/mol. The average Bonchev–Trinajstić information content (AvgIpc) is 3.36. The first-order chi connectivity index (χ1) is 15.0. The van der Waals surface area contributed by atoms with Crippen molar-refractivity contribution in [2.24, 2.45) is 0 Å². The van der Waals surface area contributed by atoms with Crippen molar-refractivity contribution in [3.8, 4) is 0 Å². The summed E-state index contributed by atoms with van der Waals surface area (Å²) in [4.78, 5) is 26.4. The van der Waals surface area contributed by atoms with Crippen LogP contribution in [0.5, 0.6) is 0 Å². The fraction of sp³-hybridized carbons (Fsp3) is 0.304. The number of nitrogens with one attached hydrogen (secondary N) is 1. The molecule has 0 aliphatic carbocycles. The number of amides is 2. The Balaban J connectivity index is 1.47.